The lowest BCUT2D eigenvalue weighted by atomic mass is 9.51. The van der Waals surface area contributed by atoms with Crippen LogP contribution in [-0.2, 0) is 0 Å². The molecular weight excluding hydrogens is 330 g/mol. The van der Waals surface area contributed by atoms with E-state index in [9.17, 15) is 0 Å². The monoisotopic (exact) mass is 344 g/mol. The van der Waals surface area contributed by atoms with Crippen molar-refractivity contribution in [1.29, 1.82) is 0 Å². The van der Waals surface area contributed by atoms with Crippen molar-refractivity contribution >= 4 is 50.7 Å². The smallest absolute Gasteiger partial charge is 0.0846 e. The molecule has 0 aromatic carbocycles. The van der Waals surface area contributed by atoms with Crippen LogP contribution >= 0.6 is 50.7 Å². The van der Waals surface area contributed by atoms with Gasteiger partial charge in [-0.05, 0) is 55.8 Å². The van der Waals surface area contributed by atoms with Crippen LogP contribution in [0.25, 0.3) is 0 Å². The van der Waals surface area contributed by atoms with Gasteiger partial charge in [0.1, 0.15) is 0 Å². The molecule has 4 aliphatic rings. The van der Waals surface area contributed by atoms with E-state index in [1.165, 1.54) is 32.1 Å². The van der Waals surface area contributed by atoms with Gasteiger partial charge in [0, 0.05) is 10.7 Å². The van der Waals surface area contributed by atoms with Gasteiger partial charge < -0.3 is 0 Å². The summed E-state index contributed by atoms with van der Waals surface area (Å²) in [5.41, 5.74) is 0. The minimum atomic E-state index is -1.11. The summed E-state index contributed by atoms with van der Waals surface area (Å²) >= 11 is 22.0. The van der Waals surface area contributed by atoms with Crippen LogP contribution in [0.5, 0.6) is 0 Å². The highest BCUT2D eigenvalue weighted by Gasteiger charge is 2.57. The molecule has 4 rings (SSSR count). The minimum Gasteiger partial charge on any atom is -0.0846 e. The molecule has 0 spiro atoms. The van der Waals surface area contributed by atoms with Crippen LogP contribution < -0.4 is 0 Å². The van der Waals surface area contributed by atoms with Crippen molar-refractivity contribution in [3.63, 3.8) is 0 Å². The number of alkyl halides is 4. The molecule has 4 fully saturated rings. The average Bonchev–Trinajstić information content (AvgIpc) is 2.10. The maximum atomic E-state index is 6.02. The van der Waals surface area contributed by atoms with E-state index in [1.54, 1.807) is 0 Å². The number of hydrogen-bond acceptors (Lipinski definition) is 0. The van der Waals surface area contributed by atoms with Crippen molar-refractivity contribution in [2.45, 2.75) is 46.6 Å². The summed E-state index contributed by atoms with van der Waals surface area (Å²) in [5.74, 6) is 3.39. The molecular formula is C12H16BrCl3. The zero-order valence-corrected chi connectivity index (χ0v) is 12.9. The zero-order chi connectivity index (χ0) is 11.6. The van der Waals surface area contributed by atoms with Gasteiger partial charge in [-0.3, -0.25) is 0 Å². The van der Waals surface area contributed by atoms with Crippen molar-refractivity contribution in [2.24, 2.45) is 23.7 Å². The largest absolute Gasteiger partial charge is 0.191 e. The topological polar surface area (TPSA) is 0 Å². The molecule has 92 valence electrons. The quantitative estimate of drug-likeness (QED) is 0.563. The highest BCUT2D eigenvalue weighted by atomic mass is 79.9. The van der Waals surface area contributed by atoms with Crippen LogP contribution in [0.15, 0.2) is 0 Å². The molecule has 16 heavy (non-hydrogen) atoms. The standard InChI is InChI=1S/C12H16BrCl3/c13-11(6-12(14,15)16)9-2-7-1-8(4-9)5-10(11)3-7/h7-10H,1-6H2. The molecule has 4 heteroatoms. The molecule has 4 aliphatic carbocycles. The lowest BCUT2D eigenvalue weighted by Crippen LogP contribution is -2.55. The minimum absolute atomic E-state index is 0.103. The summed E-state index contributed by atoms with van der Waals surface area (Å²) in [6, 6.07) is 0. The Bertz CT molecular complexity index is 269. The van der Waals surface area contributed by atoms with E-state index in [4.69, 9.17) is 34.8 Å². The van der Waals surface area contributed by atoms with Gasteiger partial charge in [-0.2, -0.15) is 0 Å². The predicted octanol–water partition coefficient (Wildman–Crippen LogP) is 5.34. The lowest BCUT2D eigenvalue weighted by Gasteiger charge is -2.59. The van der Waals surface area contributed by atoms with E-state index < -0.39 is 3.79 Å². The predicted molar refractivity (Wildman–Crippen MR) is 73.6 cm³/mol. The first kappa shape index (κ1) is 12.4. The van der Waals surface area contributed by atoms with Crippen LogP contribution in [0.1, 0.15) is 38.5 Å². The first-order valence-electron chi connectivity index (χ1n) is 6.12. The van der Waals surface area contributed by atoms with Gasteiger partial charge in [-0.15, -0.1) is 0 Å². The fourth-order valence-electron chi connectivity index (χ4n) is 4.56. The molecule has 0 nitrogen and oxygen atoms in total. The Morgan fingerprint density at radius 1 is 0.938 bits per heavy atom. The third-order valence-electron chi connectivity index (χ3n) is 4.97. The van der Waals surface area contributed by atoms with Crippen LogP contribution in [0.4, 0.5) is 0 Å². The Morgan fingerprint density at radius 2 is 1.38 bits per heavy atom. The van der Waals surface area contributed by atoms with Gasteiger partial charge in [-0.25, -0.2) is 0 Å². The van der Waals surface area contributed by atoms with Gasteiger partial charge in [0.05, 0.1) is 0 Å². The summed E-state index contributed by atoms with van der Waals surface area (Å²) in [6.45, 7) is 0. The first-order chi connectivity index (χ1) is 7.37. The Balaban J connectivity index is 1.85. The Morgan fingerprint density at radius 3 is 1.75 bits per heavy atom. The van der Waals surface area contributed by atoms with Crippen LogP contribution in [0.2, 0.25) is 0 Å². The van der Waals surface area contributed by atoms with E-state index in [1.807, 2.05) is 0 Å². The Labute approximate surface area is 121 Å². The number of rotatable bonds is 1. The third-order valence-corrected chi connectivity index (χ3v) is 6.94. The van der Waals surface area contributed by atoms with E-state index in [0.29, 0.717) is 6.42 Å². The van der Waals surface area contributed by atoms with Crippen molar-refractivity contribution in [3.8, 4) is 0 Å². The molecule has 0 aliphatic heterocycles. The van der Waals surface area contributed by atoms with E-state index in [2.05, 4.69) is 15.9 Å². The van der Waals surface area contributed by atoms with Gasteiger partial charge in [0.2, 0.25) is 0 Å². The molecule has 0 radical (unpaired) electrons. The second kappa shape index (κ2) is 3.92. The van der Waals surface area contributed by atoms with Crippen LogP contribution in [-0.4, -0.2) is 8.12 Å². The highest BCUT2D eigenvalue weighted by Crippen LogP contribution is 2.64. The van der Waals surface area contributed by atoms with Crippen LogP contribution in [0.3, 0.4) is 0 Å². The maximum absolute atomic E-state index is 6.02. The second-order valence-electron chi connectivity index (χ2n) is 6.02. The van der Waals surface area contributed by atoms with Crippen molar-refractivity contribution in [3.05, 3.63) is 0 Å². The SMILES string of the molecule is ClC(Cl)(Cl)CC1(Br)C2CC3CC(C2)CC1C3. The summed E-state index contributed by atoms with van der Waals surface area (Å²) in [4.78, 5) is 0. The summed E-state index contributed by atoms with van der Waals surface area (Å²) in [5, 5.41) is 0. The molecule has 0 atom stereocenters. The van der Waals surface area contributed by atoms with E-state index in [-0.39, 0.29) is 4.32 Å². The molecule has 4 bridgehead atoms. The van der Waals surface area contributed by atoms with E-state index in [0.717, 1.165) is 23.7 Å². The van der Waals surface area contributed by atoms with Gasteiger partial charge in [0.25, 0.3) is 0 Å². The average molecular weight is 347 g/mol. The Kier molecular flexibility index (Phi) is 3.03. The summed E-state index contributed by atoms with van der Waals surface area (Å²) < 4.78 is -1.01. The van der Waals surface area contributed by atoms with Gasteiger partial charge in [0.15, 0.2) is 3.79 Å². The van der Waals surface area contributed by atoms with Gasteiger partial charge >= 0.3 is 0 Å². The lowest BCUT2D eigenvalue weighted by molar-refractivity contribution is -0.0161. The third kappa shape index (κ3) is 2.04. The molecule has 0 aromatic rings. The number of hydrogen-bond donors (Lipinski definition) is 0. The van der Waals surface area contributed by atoms with Crippen molar-refractivity contribution in [1.82, 2.24) is 0 Å². The fraction of sp³-hybridized carbons (Fsp3) is 1.00. The van der Waals surface area contributed by atoms with Gasteiger partial charge in [-0.1, -0.05) is 50.7 Å². The molecule has 0 unspecified atom stereocenters. The highest BCUT2D eigenvalue weighted by molar-refractivity contribution is 9.10. The maximum Gasteiger partial charge on any atom is 0.191 e. The Hall–Kier alpha value is 1.35. The normalized spacial score (nSPS) is 51.0. The summed E-state index contributed by atoms with van der Waals surface area (Å²) in [6.07, 6.45) is 7.51. The summed E-state index contributed by atoms with van der Waals surface area (Å²) in [7, 11) is 0. The molecule has 4 saturated carbocycles. The zero-order valence-electron chi connectivity index (χ0n) is 9.06. The molecule has 0 saturated heterocycles. The second-order valence-corrected chi connectivity index (χ2v) is 10.0. The molecule has 0 amide bonds. The van der Waals surface area contributed by atoms with Crippen LogP contribution in [0, 0.1) is 23.7 Å². The molecule has 0 N–H and O–H groups in total. The van der Waals surface area contributed by atoms with E-state index >= 15 is 0 Å². The number of halogens is 4. The molecule has 0 aromatic heterocycles. The van der Waals surface area contributed by atoms with Crippen molar-refractivity contribution in [2.75, 3.05) is 0 Å². The fourth-order valence-corrected chi connectivity index (χ4v) is 6.88. The van der Waals surface area contributed by atoms with Crippen molar-refractivity contribution < 1.29 is 0 Å². The molecule has 0 heterocycles. The first-order valence-corrected chi connectivity index (χ1v) is 8.05.